The lowest BCUT2D eigenvalue weighted by atomic mass is 9.93. The van der Waals surface area contributed by atoms with E-state index in [9.17, 15) is 9.59 Å². The van der Waals surface area contributed by atoms with Crippen molar-refractivity contribution >= 4 is 11.8 Å². The molecule has 2 amide bonds. The molecule has 1 aliphatic heterocycles. The molecule has 1 aromatic heterocycles. The van der Waals surface area contributed by atoms with Crippen LogP contribution in [-0.2, 0) is 4.79 Å². The summed E-state index contributed by atoms with van der Waals surface area (Å²) in [6.45, 7) is 3.40. The second kappa shape index (κ2) is 9.60. The van der Waals surface area contributed by atoms with Crippen molar-refractivity contribution in [1.29, 1.82) is 0 Å². The van der Waals surface area contributed by atoms with Crippen LogP contribution in [0.4, 0.5) is 0 Å². The van der Waals surface area contributed by atoms with Crippen molar-refractivity contribution in [2.75, 3.05) is 13.1 Å². The van der Waals surface area contributed by atoms with Crippen molar-refractivity contribution in [3.63, 3.8) is 0 Å². The SMILES string of the molecule is CCC(C(=O)N1CCC(NC(=O)c2ccc(-n3cccn3)cc2)CC1)c1ccccc1. The lowest BCUT2D eigenvalue weighted by Gasteiger charge is -2.34. The molecule has 0 saturated carbocycles. The Bertz CT molecular complexity index is 992. The number of rotatable bonds is 6. The molecule has 3 aromatic rings. The fraction of sp³-hybridized carbons (Fsp3) is 0.320. The van der Waals surface area contributed by atoms with Crippen LogP contribution in [0.15, 0.2) is 73.1 Å². The Kier molecular flexibility index (Phi) is 6.46. The lowest BCUT2D eigenvalue weighted by molar-refractivity contribution is -0.134. The van der Waals surface area contributed by atoms with E-state index in [0.29, 0.717) is 18.7 Å². The Morgan fingerprint density at radius 2 is 1.74 bits per heavy atom. The number of likely N-dealkylation sites (tertiary alicyclic amines) is 1. The smallest absolute Gasteiger partial charge is 0.251 e. The number of benzene rings is 2. The first-order chi connectivity index (χ1) is 15.2. The van der Waals surface area contributed by atoms with Gasteiger partial charge in [-0.15, -0.1) is 0 Å². The van der Waals surface area contributed by atoms with Crippen molar-refractivity contribution in [3.05, 3.63) is 84.2 Å². The van der Waals surface area contributed by atoms with E-state index in [4.69, 9.17) is 0 Å². The van der Waals surface area contributed by atoms with E-state index in [0.717, 1.165) is 30.5 Å². The number of nitrogens with zero attached hydrogens (tertiary/aromatic N) is 3. The molecule has 31 heavy (non-hydrogen) atoms. The highest BCUT2D eigenvalue weighted by molar-refractivity contribution is 5.94. The molecule has 1 unspecified atom stereocenters. The standard InChI is InChI=1S/C25H28N4O2/c1-2-23(19-7-4-3-5-8-19)25(31)28-17-13-21(14-18-28)27-24(30)20-9-11-22(12-10-20)29-16-6-15-26-29/h3-12,15-16,21,23H,2,13-14,17-18H2,1H3,(H,27,30). The van der Waals surface area contributed by atoms with E-state index in [2.05, 4.69) is 17.3 Å². The van der Waals surface area contributed by atoms with E-state index < -0.39 is 0 Å². The summed E-state index contributed by atoms with van der Waals surface area (Å²) >= 11 is 0. The second-order valence-electron chi connectivity index (χ2n) is 7.94. The predicted molar refractivity (Wildman–Crippen MR) is 120 cm³/mol. The maximum absolute atomic E-state index is 13.0. The van der Waals surface area contributed by atoms with Gasteiger partial charge in [-0.25, -0.2) is 4.68 Å². The highest BCUT2D eigenvalue weighted by Crippen LogP contribution is 2.24. The second-order valence-corrected chi connectivity index (χ2v) is 7.94. The summed E-state index contributed by atoms with van der Waals surface area (Å²) in [4.78, 5) is 27.6. The summed E-state index contributed by atoms with van der Waals surface area (Å²) in [5.74, 6) is 0.0147. The highest BCUT2D eigenvalue weighted by atomic mass is 16.2. The fourth-order valence-corrected chi connectivity index (χ4v) is 4.16. The van der Waals surface area contributed by atoms with Crippen LogP contribution in [0.5, 0.6) is 0 Å². The predicted octanol–water partition coefficient (Wildman–Crippen LogP) is 3.79. The van der Waals surface area contributed by atoms with E-state index in [-0.39, 0.29) is 23.8 Å². The third-order valence-corrected chi connectivity index (χ3v) is 5.95. The first-order valence-corrected chi connectivity index (χ1v) is 10.9. The van der Waals surface area contributed by atoms with Gasteiger partial charge in [0.15, 0.2) is 0 Å². The number of carbonyl (C=O) groups is 2. The largest absolute Gasteiger partial charge is 0.349 e. The van der Waals surface area contributed by atoms with Gasteiger partial charge in [0.05, 0.1) is 11.6 Å². The number of carbonyl (C=O) groups excluding carboxylic acids is 2. The summed E-state index contributed by atoms with van der Waals surface area (Å²) in [5, 5.41) is 7.32. The van der Waals surface area contributed by atoms with Crippen molar-refractivity contribution in [2.45, 2.75) is 38.1 Å². The van der Waals surface area contributed by atoms with Gasteiger partial charge >= 0.3 is 0 Å². The van der Waals surface area contributed by atoms with Gasteiger partial charge in [0.25, 0.3) is 5.91 Å². The minimum atomic E-state index is -0.0966. The highest BCUT2D eigenvalue weighted by Gasteiger charge is 2.28. The Morgan fingerprint density at radius 3 is 2.35 bits per heavy atom. The van der Waals surface area contributed by atoms with Gasteiger partial charge in [-0.1, -0.05) is 37.3 Å². The van der Waals surface area contributed by atoms with Crippen molar-refractivity contribution < 1.29 is 9.59 Å². The summed E-state index contributed by atoms with van der Waals surface area (Å²) in [7, 11) is 0. The lowest BCUT2D eigenvalue weighted by Crippen LogP contribution is -2.47. The van der Waals surface area contributed by atoms with E-state index in [1.165, 1.54) is 0 Å². The van der Waals surface area contributed by atoms with Gasteiger partial charge < -0.3 is 10.2 Å². The molecule has 0 spiro atoms. The maximum atomic E-state index is 13.0. The van der Waals surface area contributed by atoms with Gasteiger partial charge in [-0.2, -0.15) is 5.10 Å². The summed E-state index contributed by atoms with van der Waals surface area (Å²) < 4.78 is 1.76. The number of piperidine rings is 1. The normalized spacial score (nSPS) is 15.5. The average Bonchev–Trinajstić information content (AvgIpc) is 3.36. The molecule has 1 saturated heterocycles. The van der Waals surface area contributed by atoms with E-state index >= 15 is 0 Å². The fourth-order valence-electron chi connectivity index (χ4n) is 4.16. The Hall–Kier alpha value is -3.41. The molecule has 4 rings (SSSR count). The molecule has 0 aliphatic carbocycles. The topological polar surface area (TPSA) is 67.2 Å². The molecule has 1 N–H and O–H groups in total. The molecule has 1 aliphatic rings. The van der Waals surface area contributed by atoms with E-state index in [1.807, 2.05) is 71.8 Å². The van der Waals surface area contributed by atoms with Crippen LogP contribution >= 0.6 is 0 Å². The molecule has 1 atom stereocenters. The molecule has 6 heteroatoms. The summed E-state index contributed by atoms with van der Waals surface area (Å²) in [6.07, 6.45) is 5.92. The minimum absolute atomic E-state index is 0.0764. The van der Waals surface area contributed by atoms with Gasteiger partial charge in [0.2, 0.25) is 5.91 Å². The van der Waals surface area contributed by atoms with Crippen molar-refractivity contribution in [3.8, 4) is 5.69 Å². The zero-order valence-corrected chi connectivity index (χ0v) is 17.8. The van der Waals surface area contributed by atoms with Crippen LogP contribution in [0.1, 0.15) is 48.0 Å². The van der Waals surface area contributed by atoms with Crippen LogP contribution in [0.25, 0.3) is 5.69 Å². The van der Waals surface area contributed by atoms with E-state index in [1.54, 1.807) is 10.9 Å². The van der Waals surface area contributed by atoms with Crippen LogP contribution in [0, 0.1) is 0 Å². The summed E-state index contributed by atoms with van der Waals surface area (Å²) in [6, 6.07) is 19.3. The number of hydrogen-bond acceptors (Lipinski definition) is 3. The first-order valence-electron chi connectivity index (χ1n) is 10.9. The molecule has 0 radical (unpaired) electrons. The zero-order valence-electron chi connectivity index (χ0n) is 17.8. The first kappa shape index (κ1) is 20.8. The summed E-state index contributed by atoms with van der Waals surface area (Å²) in [5.41, 5.74) is 2.62. The molecule has 2 heterocycles. The molecule has 1 fully saturated rings. The van der Waals surface area contributed by atoms with Gasteiger partial charge in [0, 0.05) is 37.1 Å². The number of nitrogens with one attached hydrogen (secondary N) is 1. The average molecular weight is 417 g/mol. The van der Waals surface area contributed by atoms with Crippen LogP contribution in [-0.4, -0.2) is 45.6 Å². The Morgan fingerprint density at radius 1 is 1.03 bits per heavy atom. The maximum Gasteiger partial charge on any atom is 0.251 e. The van der Waals surface area contributed by atoms with Gasteiger partial charge in [-0.3, -0.25) is 9.59 Å². The van der Waals surface area contributed by atoms with Crippen molar-refractivity contribution in [1.82, 2.24) is 20.0 Å². The molecule has 2 aromatic carbocycles. The third-order valence-electron chi connectivity index (χ3n) is 5.95. The molecular formula is C25H28N4O2. The quantitative estimate of drug-likeness (QED) is 0.665. The third kappa shape index (κ3) is 4.85. The van der Waals surface area contributed by atoms with Crippen LogP contribution in [0.3, 0.4) is 0 Å². The minimum Gasteiger partial charge on any atom is -0.349 e. The number of amides is 2. The molecular weight excluding hydrogens is 388 g/mol. The van der Waals surface area contributed by atoms with Crippen LogP contribution < -0.4 is 5.32 Å². The van der Waals surface area contributed by atoms with Crippen molar-refractivity contribution in [2.24, 2.45) is 0 Å². The van der Waals surface area contributed by atoms with Crippen LogP contribution in [0.2, 0.25) is 0 Å². The zero-order chi connectivity index (χ0) is 21.6. The molecule has 6 nitrogen and oxygen atoms in total. The number of hydrogen-bond donors (Lipinski definition) is 1. The molecule has 0 bridgehead atoms. The molecule has 160 valence electrons. The van der Waals surface area contributed by atoms with Gasteiger partial charge in [-0.05, 0) is 55.2 Å². The Labute approximate surface area is 182 Å². The Balaban J connectivity index is 1.30. The van der Waals surface area contributed by atoms with Gasteiger partial charge in [0.1, 0.15) is 0 Å². The number of aromatic nitrogens is 2. The monoisotopic (exact) mass is 416 g/mol.